The van der Waals surface area contributed by atoms with Gasteiger partial charge in [0.15, 0.2) is 11.9 Å². The van der Waals surface area contributed by atoms with Crippen molar-refractivity contribution in [3.8, 4) is 0 Å². The van der Waals surface area contributed by atoms with Crippen LogP contribution in [0.25, 0.3) is 11.0 Å². The molecule has 1 aliphatic rings. The number of rotatable bonds is 10. The normalized spacial score (nSPS) is 19.9. The number of amides is 1. The van der Waals surface area contributed by atoms with E-state index in [1.54, 1.807) is 33.9 Å². The van der Waals surface area contributed by atoms with Crippen molar-refractivity contribution >= 4 is 28.9 Å². The summed E-state index contributed by atoms with van der Waals surface area (Å²) < 4.78 is 19.4. The number of nitrogen functional groups attached to an aromatic ring is 1. The van der Waals surface area contributed by atoms with Crippen LogP contribution in [-0.2, 0) is 24.6 Å². The third-order valence-corrected chi connectivity index (χ3v) is 9.78. The molecule has 5 atom stereocenters. The fraction of sp³-hybridized carbons (Fsp3) is 0.366. The number of anilines is 1. The van der Waals surface area contributed by atoms with Crippen LogP contribution in [0.3, 0.4) is 0 Å². The van der Waals surface area contributed by atoms with Gasteiger partial charge in [-0.05, 0) is 43.4 Å². The van der Waals surface area contributed by atoms with Gasteiger partial charge in [0.05, 0.1) is 24.1 Å². The predicted molar refractivity (Wildman–Crippen MR) is 198 cm³/mol. The van der Waals surface area contributed by atoms with Crippen LogP contribution < -0.4 is 5.73 Å². The van der Waals surface area contributed by atoms with Crippen molar-refractivity contribution in [1.29, 1.82) is 0 Å². The first-order chi connectivity index (χ1) is 24.8. The van der Waals surface area contributed by atoms with Crippen LogP contribution in [0.15, 0.2) is 104 Å². The molecule has 2 aromatic heterocycles. The molecule has 3 aromatic carbocycles. The molecule has 4 N–H and O–H groups in total. The second kappa shape index (κ2) is 14.8. The number of aliphatic hydroxyl groups is 1. The molecule has 1 fully saturated rings. The minimum absolute atomic E-state index is 0.0329. The number of nitrogens with two attached hydrogens (primary N) is 1. The third kappa shape index (κ3) is 6.98. The number of hydrogen-bond donors (Lipinski definition) is 3. The highest BCUT2D eigenvalue weighted by molar-refractivity contribution is 5.88. The van der Waals surface area contributed by atoms with E-state index in [1.807, 2.05) is 105 Å². The number of nitrogens with one attached hydrogen (secondary N) is 1. The number of carbonyl (C=O) groups is 2. The van der Waals surface area contributed by atoms with Crippen molar-refractivity contribution < 1.29 is 28.9 Å². The third-order valence-electron chi connectivity index (χ3n) is 9.78. The predicted octanol–water partition coefficient (Wildman–Crippen LogP) is 6.77. The summed E-state index contributed by atoms with van der Waals surface area (Å²) in [5.41, 5.74) is 8.04. The molecule has 0 unspecified atom stereocenters. The molecule has 0 saturated carbocycles. The number of aromatic amines is 1. The molecule has 0 aliphatic carbocycles. The summed E-state index contributed by atoms with van der Waals surface area (Å²) in [6.45, 7) is 10.8. The van der Waals surface area contributed by atoms with Crippen LogP contribution in [0.5, 0.6) is 0 Å². The van der Waals surface area contributed by atoms with Gasteiger partial charge in [-0.3, -0.25) is 9.69 Å². The molecule has 1 saturated heterocycles. The lowest BCUT2D eigenvalue weighted by atomic mass is 9.80. The molecule has 1 aliphatic heterocycles. The zero-order chi connectivity index (χ0) is 37.2. The first-order valence-electron chi connectivity index (χ1n) is 17.6. The van der Waals surface area contributed by atoms with Crippen LogP contribution in [-0.4, -0.2) is 67.5 Å². The van der Waals surface area contributed by atoms with Crippen LogP contribution in [0.2, 0.25) is 0 Å². The maximum atomic E-state index is 14.5. The number of likely N-dealkylation sites (tertiary alicyclic amines) is 1. The second-order valence-electron chi connectivity index (χ2n) is 14.6. The van der Waals surface area contributed by atoms with Crippen LogP contribution in [0.4, 0.5) is 10.6 Å². The summed E-state index contributed by atoms with van der Waals surface area (Å²) >= 11 is 0. The van der Waals surface area contributed by atoms with Crippen molar-refractivity contribution in [3.05, 3.63) is 126 Å². The van der Waals surface area contributed by atoms with Crippen molar-refractivity contribution in [2.24, 2.45) is 11.8 Å². The van der Waals surface area contributed by atoms with Crippen molar-refractivity contribution in [1.82, 2.24) is 19.9 Å². The fourth-order valence-corrected chi connectivity index (χ4v) is 6.84. The molecule has 0 radical (unpaired) electrons. The molecule has 11 heteroatoms. The molecule has 1 amide bonds. The van der Waals surface area contributed by atoms with Gasteiger partial charge in [0.25, 0.3) is 0 Å². The number of benzene rings is 3. The van der Waals surface area contributed by atoms with E-state index in [9.17, 15) is 14.7 Å². The lowest BCUT2D eigenvalue weighted by molar-refractivity contribution is -0.161. The highest BCUT2D eigenvalue weighted by Gasteiger charge is 2.56. The molecule has 52 heavy (non-hydrogen) atoms. The number of aromatic nitrogens is 3. The van der Waals surface area contributed by atoms with Crippen molar-refractivity contribution in [3.63, 3.8) is 0 Å². The van der Waals surface area contributed by atoms with Gasteiger partial charge in [-0.2, -0.15) is 0 Å². The van der Waals surface area contributed by atoms with E-state index in [0.29, 0.717) is 16.6 Å². The van der Waals surface area contributed by atoms with Gasteiger partial charge in [-0.25, -0.2) is 14.8 Å². The Hall–Kier alpha value is -5.26. The van der Waals surface area contributed by atoms with E-state index < -0.39 is 53.5 Å². The molecule has 0 bridgehead atoms. The molecule has 0 spiro atoms. The maximum absolute atomic E-state index is 14.5. The summed E-state index contributed by atoms with van der Waals surface area (Å²) in [5.74, 6) is -0.815. The zero-order valence-corrected chi connectivity index (χ0v) is 30.4. The van der Waals surface area contributed by atoms with E-state index in [-0.39, 0.29) is 18.3 Å². The molecular weight excluding hydrogens is 658 g/mol. The summed E-state index contributed by atoms with van der Waals surface area (Å²) in [6.07, 6.45) is -0.353. The van der Waals surface area contributed by atoms with Gasteiger partial charge in [0.2, 0.25) is 0 Å². The van der Waals surface area contributed by atoms with Gasteiger partial charge < -0.3 is 30.0 Å². The van der Waals surface area contributed by atoms with E-state index in [4.69, 9.17) is 19.9 Å². The molecule has 5 aromatic rings. The largest absolute Gasteiger partial charge is 0.457 e. The fourth-order valence-electron chi connectivity index (χ4n) is 6.84. The van der Waals surface area contributed by atoms with Gasteiger partial charge in [-0.1, -0.05) is 112 Å². The summed E-state index contributed by atoms with van der Waals surface area (Å²) in [6, 6.07) is 27.4. The highest BCUT2D eigenvalue weighted by atomic mass is 16.6. The van der Waals surface area contributed by atoms with E-state index in [0.717, 1.165) is 16.7 Å². The monoisotopic (exact) mass is 705 g/mol. The molecular formula is C41H47N5O6. The Morgan fingerprint density at radius 1 is 0.885 bits per heavy atom. The zero-order valence-electron chi connectivity index (χ0n) is 30.4. The van der Waals surface area contributed by atoms with Gasteiger partial charge in [0, 0.05) is 11.8 Å². The Morgan fingerprint density at radius 2 is 1.42 bits per heavy atom. The maximum Gasteiger partial charge on any atom is 0.411 e. The second-order valence-corrected chi connectivity index (χ2v) is 14.6. The minimum Gasteiger partial charge on any atom is -0.457 e. The lowest BCUT2D eigenvalue weighted by Gasteiger charge is -2.38. The molecule has 6 rings (SSSR count). The summed E-state index contributed by atoms with van der Waals surface area (Å²) in [4.78, 5) is 41.3. The summed E-state index contributed by atoms with van der Waals surface area (Å²) in [5, 5.41) is 12.4. The lowest BCUT2D eigenvalue weighted by Crippen LogP contribution is -2.47. The number of carbonyl (C=O) groups excluding carboxylic acids is 2. The smallest absolute Gasteiger partial charge is 0.411 e. The SMILES string of the molecule is CC(C)[C@H](C)C(=O)O[C@@H]1[C@H](O)[C@@H](COC(c2ccccc2)(c2ccccc2)c2ccccc2)N(C(=O)OC(C)(C)C)[C@H]1c1c[nH]c2c(N)ncnc12. The number of nitrogens with zero attached hydrogens (tertiary/aromatic N) is 3. The number of esters is 1. The first kappa shape index (κ1) is 36.5. The summed E-state index contributed by atoms with van der Waals surface area (Å²) in [7, 11) is 0. The minimum atomic E-state index is -1.40. The number of H-pyrrole nitrogens is 1. The van der Waals surface area contributed by atoms with Crippen LogP contribution >= 0.6 is 0 Å². The number of ether oxygens (including phenoxy) is 3. The quantitative estimate of drug-likeness (QED) is 0.106. The van der Waals surface area contributed by atoms with Gasteiger partial charge in [0.1, 0.15) is 35.2 Å². The van der Waals surface area contributed by atoms with Gasteiger partial charge in [-0.15, -0.1) is 0 Å². The number of fused-ring (bicyclic) bond motifs is 1. The Bertz CT molecular complexity index is 1880. The van der Waals surface area contributed by atoms with E-state index in [1.165, 1.54) is 11.2 Å². The highest BCUT2D eigenvalue weighted by Crippen LogP contribution is 2.45. The molecule has 3 heterocycles. The van der Waals surface area contributed by atoms with Crippen LogP contribution in [0, 0.1) is 11.8 Å². The Kier molecular flexibility index (Phi) is 10.4. The van der Waals surface area contributed by atoms with E-state index in [2.05, 4.69) is 15.0 Å². The molecule has 272 valence electrons. The van der Waals surface area contributed by atoms with Gasteiger partial charge >= 0.3 is 12.1 Å². The standard InChI is InChI=1S/C41H47N5O6/c1-25(2)26(3)38(48)51-36-34(30-22-43-33-32(30)44-24-45-37(33)42)46(39(49)52-40(4,5)6)31(35(36)47)23-50-41(27-16-10-7-11-17-27,28-18-12-8-13-19-28)29-20-14-9-15-21-29/h7-22,24-26,31,34-36,43,47H,23H2,1-6H3,(H2,42,44,45)/t26-,31+,34-,35+,36-/m0/s1. The van der Waals surface area contributed by atoms with E-state index >= 15 is 0 Å². The number of hydrogen-bond acceptors (Lipinski definition) is 9. The van der Waals surface area contributed by atoms with Crippen molar-refractivity contribution in [2.75, 3.05) is 12.3 Å². The Balaban J connectivity index is 1.52. The average molecular weight is 706 g/mol. The topological polar surface area (TPSA) is 153 Å². The first-order valence-corrected chi connectivity index (χ1v) is 17.6. The number of aliphatic hydroxyl groups excluding tert-OH is 1. The van der Waals surface area contributed by atoms with Crippen LogP contribution in [0.1, 0.15) is 69.8 Å². The Morgan fingerprint density at radius 3 is 1.92 bits per heavy atom. The molecule has 11 nitrogen and oxygen atoms in total. The average Bonchev–Trinajstić information content (AvgIpc) is 3.68. The Labute approximate surface area is 304 Å². The van der Waals surface area contributed by atoms with Crippen molar-refractivity contribution in [2.45, 2.75) is 77.0 Å².